The quantitative estimate of drug-likeness (QED) is 0.523. The average Bonchev–Trinajstić information content (AvgIpc) is 3.02. The van der Waals surface area contributed by atoms with Crippen molar-refractivity contribution in [2.75, 3.05) is 5.32 Å². The van der Waals surface area contributed by atoms with E-state index < -0.39 is 12.1 Å². The number of hydrogen-bond donors (Lipinski definition) is 3. The maximum Gasteiger partial charge on any atom is 0.312 e. The van der Waals surface area contributed by atoms with Crippen LogP contribution in [0.2, 0.25) is 5.02 Å². The Labute approximate surface area is 191 Å². The molecular formula is C23H25ClN6O2. The summed E-state index contributed by atoms with van der Waals surface area (Å²) in [6.45, 7) is 0.895. The Hall–Kier alpha value is -3.39. The second kappa shape index (κ2) is 9.82. The average molecular weight is 453 g/mol. The number of nitrogens with one attached hydrogen (secondary N) is 2. The van der Waals surface area contributed by atoms with E-state index in [1.807, 2.05) is 24.3 Å². The summed E-state index contributed by atoms with van der Waals surface area (Å²) in [5, 5.41) is 14.7. The van der Waals surface area contributed by atoms with Gasteiger partial charge in [0.15, 0.2) is 5.82 Å². The second-order valence-electron chi connectivity index (χ2n) is 7.82. The smallest absolute Gasteiger partial charge is 0.312 e. The number of urea groups is 1. The summed E-state index contributed by atoms with van der Waals surface area (Å²) in [4.78, 5) is 24.3. The molecule has 0 fully saturated rings. The minimum atomic E-state index is -0.725. The van der Waals surface area contributed by atoms with Crippen molar-refractivity contribution in [3.05, 3.63) is 64.9 Å². The zero-order chi connectivity index (χ0) is 22.5. The standard InChI is InChI=1S/C23H25ClN6O2/c24-18-10-4-3-9-17(18)19(27-23(25)32)14-21(31)26-16-8-6-7-15(13-16)22-29-28-20-11-2-1-5-12-30(20)22/h3-4,6-10,13,19H,1-2,5,11-12,14H2,(H,26,31)(H3,25,27,32)/t19-/m1/s1. The number of carbonyl (C=O) groups excluding carboxylic acids is 2. The number of benzene rings is 2. The molecule has 0 radical (unpaired) electrons. The number of aromatic nitrogens is 3. The van der Waals surface area contributed by atoms with Gasteiger partial charge in [0.25, 0.3) is 0 Å². The topological polar surface area (TPSA) is 115 Å². The molecule has 0 saturated carbocycles. The molecule has 4 rings (SSSR count). The predicted octanol–water partition coefficient (Wildman–Crippen LogP) is 4.06. The molecule has 1 aliphatic rings. The summed E-state index contributed by atoms with van der Waals surface area (Å²) in [7, 11) is 0. The van der Waals surface area contributed by atoms with Crippen LogP contribution in [0.3, 0.4) is 0 Å². The molecule has 0 spiro atoms. The van der Waals surface area contributed by atoms with Crippen LogP contribution in [0.15, 0.2) is 48.5 Å². The van der Waals surface area contributed by atoms with Gasteiger partial charge in [0, 0.05) is 29.2 Å². The molecule has 1 aliphatic heterocycles. The lowest BCUT2D eigenvalue weighted by atomic mass is 10.0. The first-order chi connectivity index (χ1) is 15.5. The van der Waals surface area contributed by atoms with Crippen LogP contribution in [-0.4, -0.2) is 26.7 Å². The van der Waals surface area contributed by atoms with Gasteiger partial charge in [0.1, 0.15) is 5.82 Å². The van der Waals surface area contributed by atoms with Crippen molar-refractivity contribution in [1.29, 1.82) is 0 Å². The molecule has 0 saturated heterocycles. The number of hydrogen-bond acceptors (Lipinski definition) is 4. The maximum atomic E-state index is 12.8. The van der Waals surface area contributed by atoms with Crippen LogP contribution >= 0.6 is 11.6 Å². The lowest BCUT2D eigenvalue weighted by Crippen LogP contribution is -2.35. The number of nitrogens with two attached hydrogens (primary N) is 1. The van der Waals surface area contributed by atoms with Crippen LogP contribution in [0.25, 0.3) is 11.4 Å². The van der Waals surface area contributed by atoms with E-state index in [9.17, 15) is 9.59 Å². The molecule has 3 aromatic rings. The maximum absolute atomic E-state index is 12.8. The normalized spacial score (nSPS) is 14.2. The highest BCUT2D eigenvalue weighted by Crippen LogP contribution is 2.27. The van der Waals surface area contributed by atoms with Crippen molar-refractivity contribution < 1.29 is 9.59 Å². The Bertz CT molecular complexity index is 1130. The van der Waals surface area contributed by atoms with E-state index in [1.54, 1.807) is 24.3 Å². The molecule has 4 N–H and O–H groups in total. The van der Waals surface area contributed by atoms with E-state index in [0.717, 1.165) is 43.0 Å². The van der Waals surface area contributed by atoms with Crippen LogP contribution in [0.5, 0.6) is 0 Å². The fourth-order valence-corrected chi connectivity index (χ4v) is 4.27. The fraction of sp³-hybridized carbons (Fsp3) is 0.304. The number of carbonyl (C=O) groups is 2. The van der Waals surface area contributed by atoms with E-state index in [2.05, 4.69) is 25.4 Å². The highest BCUT2D eigenvalue weighted by molar-refractivity contribution is 6.31. The zero-order valence-corrected chi connectivity index (χ0v) is 18.3. The first-order valence-corrected chi connectivity index (χ1v) is 11.0. The number of primary amides is 1. The second-order valence-corrected chi connectivity index (χ2v) is 8.23. The highest BCUT2D eigenvalue weighted by atomic mass is 35.5. The van der Waals surface area contributed by atoms with Gasteiger partial charge in [-0.15, -0.1) is 10.2 Å². The molecule has 166 valence electrons. The van der Waals surface area contributed by atoms with Crippen LogP contribution in [-0.2, 0) is 17.8 Å². The minimum Gasteiger partial charge on any atom is -0.352 e. The van der Waals surface area contributed by atoms with Crippen molar-refractivity contribution in [2.24, 2.45) is 5.73 Å². The Morgan fingerprint density at radius 3 is 2.75 bits per heavy atom. The van der Waals surface area contributed by atoms with Gasteiger partial charge in [-0.05, 0) is 36.6 Å². The van der Waals surface area contributed by atoms with Crippen LogP contribution in [0.4, 0.5) is 10.5 Å². The van der Waals surface area contributed by atoms with E-state index in [4.69, 9.17) is 17.3 Å². The molecule has 32 heavy (non-hydrogen) atoms. The number of fused-ring (bicyclic) bond motifs is 1. The Morgan fingerprint density at radius 1 is 1.09 bits per heavy atom. The fourth-order valence-electron chi connectivity index (χ4n) is 4.00. The highest BCUT2D eigenvalue weighted by Gasteiger charge is 2.20. The van der Waals surface area contributed by atoms with Crippen molar-refractivity contribution in [2.45, 2.75) is 44.7 Å². The molecule has 2 heterocycles. The van der Waals surface area contributed by atoms with Crippen LogP contribution in [0.1, 0.15) is 43.1 Å². The monoisotopic (exact) mass is 452 g/mol. The van der Waals surface area contributed by atoms with Gasteiger partial charge in [-0.3, -0.25) is 4.79 Å². The molecule has 0 bridgehead atoms. The third-order valence-electron chi connectivity index (χ3n) is 5.50. The third kappa shape index (κ3) is 5.08. The summed E-state index contributed by atoms with van der Waals surface area (Å²) in [5.74, 6) is 1.54. The van der Waals surface area contributed by atoms with Gasteiger partial charge in [-0.1, -0.05) is 48.4 Å². The van der Waals surface area contributed by atoms with Gasteiger partial charge < -0.3 is 20.9 Å². The lowest BCUT2D eigenvalue weighted by Gasteiger charge is -2.19. The zero-order valence-electron chi connectivity index (χ0n) is 17.6. The predicted molar refractivity (Wildman–Crippen MR) is 123 cm³/mol. The Balaban J connectivity index is 1.51. The largest absolute Gasteiger partial charge is 0.352 e. The first kappa shape index (κ1) is 21.8. The number of aryl methyl sites for hydroxylation is 1. The molecule has 1 aromatic heterocycles. The van der Waals surface area contributed by atoms with E-state index in [1.165, 1.54) is 6.42 Å². The number of amides is 3. The summed E-state index contributed by atoms with van der Waals surface area (Å²) in [5.41, 5.74) is 7.46. The third-order valence-corrected chi connectivity index (χ3v) is 5.84. The van der Waals surface area contributed by atoms with Gasteiger partial charge in [-0.2, -0.15) is 0 Å². The van der Waals surface area contributed by atoms with Crippen molar-refractivity contribution in [3.8, 4) is 11.4 Å². The molecular weight excluding hydrogens is 428 g/mol. The minimum absolute atomic E-state index is 0.0166. The Kier molecular flexibility index (Phi) is 6.70. The van der Waals surface area contributed by atoms with E-state index >= 15 is 0 Å². The van der Waals surface area contributed by atoms with Gasteiger partial charge >= 0.3 is 6.03 Å². The summed E-state index contributed by atoms with van der Waals surface area (Å²) >= 11 is 6.25. The molecule has 2 aromatic carbocycles. The molecule has 1 atom stereocenters. The van der Waals surface area contributed by atoms with Crippen LogP contribution < -0.4 is 16.4 Å². The Morgan fingerprint density at radius 2 is 1.94 bits per heavy atom. The number of halogens is 1. The van der Waals surface area contributed by atoms with Gasteiger partial charge in [0.05, 0.1) is 12.5 Å². The van der Waals surface area contributed by atoms with Gasteiger partial charge in [-0.25, -0.2) is 4.79 Å². The molecule has 8 nitrogen and oxygen atoms in total. The van der Waals surface area contributed by atoms with Crippen molar-refractivity contribution in [1.82, 2.24) is 20.1 Å². The molecule has 0 unspecified atom stereocenters. The molecule has 0 aliphatic carbocycles. The number of anilines is 1. The first-order valence-electron chi connectivity index (χ1n) is 10.6. The summed E-state index contributed by atoms with van der Waals surface area (Å²) in [6.07, 6.45) is 4.33. The lowest BCUT2D eigenvalue weighted by molar-refractivity contribution is -0.116. The van der Waals surface area contributed by atoms with Gasteiger partial charge in [0.2, 0.25) is 5.91 Å². The summed E-state index contributed by atoms with van der Waals surface area (Å²) in [6, 6.07) is 13.2. The summed E-state index contributed by atoms with van der Waals surface area (Å²) < 4.78 is 2.16. The molecule has 9 heteroatoms. The van der Waals surface area contributed by atoms with Crippen molar-refractivity contribution in [3.63, 3.8) is 0 Å². The van der Waals surface area contributed by atoms with E-state index in [-0.39, 0.29) is 12.3 Å². The van der Waals surface area contributed by atoms with Crippen molar-refractivity contribution >= 4 is 29.2 Å². The number of nitrogens with zero attached hydrogens (tertiary/aromatic N) is 3. The molecule has 3 amide bonds. The SMILES string of the molecule is NC(=O)N[C@H](CC(=O)Nc1cccc(-c2nnc3n2CCCCC3)c1)c1ccccc1Cl. The number of rotatable bonds is 6. The van der Waals surface area contributed by atoms with E-state index in [0.29, 0.717) is 16.3 Å². The van der Waals surface area contributed by atoms with Crippen LogP contribution in [0, 0.1) is 0 Å².